The maximum absolute atomic E-state index is 12.5. The van der Waals surface area contributed by atoms with Gasteiger partial charge in [-0.05, 0) is 37.1 Å². The molecule has 1 aliphatic heterocycles. The van der Waals surface area contributed by atoms with Gasteiger partial charge in [0.2, 0.25) is 5.91 Å². The van der Waals surface area contributed by atoms with Crippen LogP contribution in [0.5, 0.6) is 0 Å². The van der Waals surface area contributed by atoms with Crippen LogP contribution in [0.2, 0.25) is 0 Å². The van der Waals surface area contributed by atoms with Crippen molar-refractivity contribution in [1.82, 2.24) is 4.98 Å². The van der Waals surface area contributed by atoms with E-state index in [1.807, 2.05) is 31.2 Å². The van der Waals surface area contributed by atoms with E-state index in [-0.39, 0.29) is 10.9 Å². The zero-order valence-corrected chi connectivity index (χ0v) is 13.0. The Bertz CT molecular complexity index is 803. The molecule has 2 aromatic rings. The highest BCUT2D eigenvalue weighted by atomic mass is 32.2. The van der Waals surface area contributed by atoms with Crippen LogP contribution in [-0.2, 0) is 21.1 Å². The van der Waals surface area contributed by atoms with Crippen LogP contribution in [0.1, 0.15) is 12.5 Å². The van der Waals surface area contributed by atoms with Gasteiger partial charge in [0, 0.05) is 24.1 Å². The first-order valence-corrected chi connectivity index (χ1v) is 8.67. The molecule has 1 aliphatic rings. The number of pyridine rings is 1. The van der Waals surface area contributed by atoms with Crippen molar-refractivity contribution in [2.24, 2.45) is 0 Å². The van der Waals surface area contributed by atoms with E-state index in [2.05, 4.69) is 4.98 Å². The van der Waals surface area contributed by atoms with E-state index in [0.717, 1.165) is 17.7 Å². The lowest BCUT2D eigenvalue weighted by atomic mass is 10.1. The molecule has 0 radical (unpaired) electrons. The van der Waals surface area contributed by atoms with Gasteiger partial charge in [0.25, 0.3) is 0 Å². The van der Waals surface area contributed by atoms with E-state index in [1.54, 1.807) is 11.0 Å². The van der Waals surface area contributed by atoms with Crippen molar-refractivity contribution < 1.29 is 13.2 Å². The van der Waals surface area contributed by atoms with E-state index in [0.29, 0.717) is 0 Å². The maximum Gasteiger partial charge on any atom is 0.242 e. The van der Waals surface area contributed by atoms with Gasteiger partial charge in [0.15, 0.2) is 9.84 Å². The first-order chi connectivity index (χ1) is 10.5. The number of benzene rings is 1. The highest BCUT2D eigenvalue weighted by Gasteiger charge is 2.33. The van der Waals surface area contributed by atoms with E-state index in [9.17, 15) is 13.2 Å². The molecule has 3 rings (SSSR count). The Morgan fingerprint density at radius 2 is 2.05 bits per heavy atom. The minimum absolute atomic E-state index is 0.0333. The lowest BCUT2D eigenvalue weighted by Gasteiger charge is -2.22. The van der Waals surface area contributed by atoms with Gasteiger partial charge in [-0.15, -0.1) is 0 Å². The zero-order valence-electron chi connectivity index (χ0n) is 12.1. The van der Waals surface area contributed by atoms with Crippen LogP contribution >= 0.6 is 0 Å². The molecule has 114 valence electrons. The summed E-state index contributed by atoms with van der Waals surface area (Å²) in [5, 5.41) is 0. The number of rotatable bonds is 3. The fraction of sp³-hybridized carbons (Fsp3) is 0.250. The Balaban J connectivity index is 1.87. The number of amides is 1. The summed E-state index contributed by atoms with van der Waals surface area (Å²) in [6.07, 6.45) is 3.51. The van der Waals surface area contributed by atoms with Crippen molar-refractivity contribution in [2.75, 3.05) is 10.7 Å². The molecular weight excluding hydrogens is 300 g/mol. The van der Waals surface area contributed by atoms with Crippen LogP contribution in [0.15, 0.2) is 53.7 Å². The lowest BCUT2D eigenvalue weighted by molar-refractivity contribution is -0.116. The maximum atomic E-state index is 12.5. The van der Waals surface area contributed by atoms with Crippen LogP contribution in [-0.4, -0.2) is 31.1 Å². The number of anilines is 1. The molecule has 1 atom stereocenters. The third-order valence-electron chi connectivity index (χ3n) is 3.78. The molecule has 1 aromatic heterocycles. The summed E-state index contributed by atoms with van der Waals surface area (Å²) in [5.74, 6) is -0.946. The molecule has 0 saturated carbocycles. The average molecular weight is 316 g/mol. The number of para-hydroxylation sites is 1. The predicted octanol–water partition coefficient (Wildman–Crippen LogP) is 1.83. The molecule has 22 heavy (non-hydrogen) atoms. The zero-order chi connectivity index (χ0) is 15.7. The second-order valence-electron chi connectivity index (χ2n) is 5.39. The fourth-order valence-electron chi connectivity index (χ4n) is 2.79. The van der Waals surface area contributed by atoms with Gasteiger partial charge in [-0.1, -0.05) is 18.2 Å². The third-order valence-corrected chi connectivity index (χ3v) is 5.37. The minimum Gasteiger partial charge on any atom is -0.308 e. The summed E-state index contributed by atoms with van der Waals surface area (Å²) < 4.78 is 24.7. The summed E-state index contributed by atoms with van der Waals surface area (Å²) in [6, 6.07) is 10.6. The Morgan fingerprint density at radius 1 is 1.27 bits per heavy atom. The van der Waals surface area contributed by atoms with Crippen LogP contribution in [0.4, 0.5) is 5.69 Å². The van der Waals surface area contributed by atoms with Crippen LogP contribution in [0, 0.1) is 0 Å². The van der Waals surface area contributed by atoms with Crippen LogP contribution in [0.25, 0.3) is 0 Å². The number of carbonyl (C=O) groups excluding carboxylic acids is 1. The monoisotopic (exact) mass is 316 g/mol. The largest absolute Gasteiger partial charge is 0.308 e. The molecule has 0 saturated heterocycles. The molecule has 1 aromatic carbocycles. The average Bonchev–Trinajstić information content (AvgIpc) is 2.83. The highest BCUT2D eigenvalue weighted by Crippen LogP contribution is 2.32. The molecule has 0 fully saturated rings. The second kappa shape index (κ2) is 5.53. The number of fused-ring (bicyclic) bond motifs is 1. The number of sulfone groups is 1. The minimum atomic E-state index is -3.68. The van der Waals surface area contributed by atoms with Crippen molar-refractivity contribution in [3.05, 3.63) is 54.4 Å². The first kappa shape index (κ1) is 14.7. The van der Waals surface area contributed by atoms with Gasteiger partial charge in [0.05, 0.1) is 4.90 Å². The highest BCUT2D eigenvalue weighted by molar-refractivity contribution is 7.92. The molecule has 2 heterocycles. The summed E-state index contributed by atoms with van der Waals surface area (Å²) in [5.41, 5.74) is 1.88. The SMILES string of the molecule is CC1Cc2ccccc2N1C(=O)CS(=O)(=O)c1cccnc1. The summed E-state index contributed by atoms with van der Waals surface area (Å²) >= 11 is 0. The van der Waals surface area contributed by atoms with Crippen LogP contribution in [0.3, 0.4) is 0 Å². The lowest BCUT2D eigenvalue weighted by Crippen LogP contribution is -2.39. The van der Waals surface area contributed by atoms with Crippen LogP contribution < -0.4 is 4.90 Å². The molecule has 6 heteroatoms. The van der Waals surface area contributed by atoms with E-state index < -0.39 is 21.5 Å². The number of nitrogens with zero attached hydrogens (tertiary/aromatic N) is 2. The van der Waals surface area contributed by atoms with Crippen molar-refractivity contribution in [2.45, 2.75) is 24.3 Å². The Kier molecular flexibility index (Phi) is 3.70. The Labute approximate surface area is 129 Å². The third kappa shape index (κ3) is 2.62. The van der Waals surface area contributed by atoms with Crippen molar-refractivity contribution in [3.63, 3.8) is 0 Å². The van der Waals surface area contributed by atoms with Gasteiger partial charge in [-0.25, -0.2) is 8.42 Å². The fourth-order valence-corrected chi connectivity index (χ4v) is 3.93. The molecular formula is C16H16N2O3S. The predicted molar refractivity (Wildman–Crippen MR) is 83.4 cm³/mol. The molecule has 0 aliphatic carbocycles. The summed E-state index contributed by atoms with van der Waals surface area (Å²) in [7, 11) is -3.68. The van der Waals surface area contributed by atoms with Crippen molar-refractivity contribution in [1.29, 1.82) is 0 Å². The first-order valence-electron chi connectivity index (χ1n) is 7.02. The topological polar surface area (TPSA) is 67.3 Å². The summed E-state index contributed by atoms with van der Waals surface area (Å²) in [6.45, 7) is 1.93. The molecule has 0 bridgehead atoms. The Hall–Kier alpha value is -2.21. The van der Waals surface area contributed by atoms with E-state index in [1.165, 1.54) is 18.5 Å². The van der Waals surface area contributed by atoms with Crippen molar-refractivity contribution >= 4 is 21.4 Å². The van der Waals surface area contributed by atoms with Crippen molar-refractivity contribution in [3.8, 4) is 0 Å². The normalized spacial score (nSPS) is 17.3. The molecule has 1 amide bonds. The Morgan fingerprint density at radius 3 is 2.77 bits per heavy atom. The molecule has 0 spiro atoms. The van der Waals surface area contributed by atoms with E-state index in [4.69, 9.17) is 0 Å². The van der Waals surface area contributed by atoms with Gasteiger partial charge in [-0.2, -0.15) is 0 Å². The van der Waals surface area contributed by atoms with Gasteiger partial charge in [-0.3, -0.25) is 9.78 Å². The van der Waals surface area contributed by atoms with Gasteiger partial charge >= 0.3 is 0 Å². The number of aromatic nitrogens is 1. The van der Waals surface area contributed by atoms with Gasteiger partial charge < -0.3 is 4.90 Å². The smallest absolute Gasteiger partial charge is 0.242 e. The van der Waals surface area contributed by atoms with E-state index >= 15 is 0 Å². The number of hydrogen-bond acceptors (Lipinski definition) is 4. The summed E-state index contributed by atoms with van der Waals surface area (Å²) in [4.78, 5) is 18.0. The quantitative estimate of drug-likeness (QED) is 0.866. The second-order valence-corrected chi connectivity index (χ2v) is 7.38. The standard InChI is InChI=1S/C16H16N2O3S/c1-12-9-13-5-2-3-7-15(13)18(12)16(19)11-22(20,21)14-6-4-8-17-10-14/h2-8,10,12H,9,11H2,1H3. The molecule has 1 unspecified atom stereocenters. The number of carbonyl (C=O) groups is 1. The number of hydrogen-bond donors (Lipinski definition) is 0. The molecule has 5 nitrogen and oxygen atoms in total. The van der Waals surface area contributed by atoms with Gasteiger partial charge in [0.1, 0.15) is 5.75 Å². The molecule has 0 N–H and O–H groups in total.